The van der Waals surface area contributed by atoms with Gasteiger partial charge < -0.3 is 10.2 Å². The zero-order chi connectivity index (χ0) is 15.0. The van der Waals surface area contributed by atoms with Gasteiger partial charge in [0.1, 0.15) is 0 Å². The second-order valence-corrected chi connectivity index (χ2v) is 6.27. The lowest BCUT2D eigenvalue weighted by Gasteiger charge is -2.15. The van der Waals surface area contributed by atoms with Crippen molar-refractivity contribution in [1.82, 2.24) is 4.90 Å². The van der Waals surface area contributed by atoms with E-state index in [4.69, 9.17) is 0 Å². The highest BCUT2D eigenvalue weighted by molar-refractivity contribution is 5.99. The van der Waals surface area contributed by atoms with Crippen molar-refractivity contribution in [3.05, 3.63) is 29.3 Å². The van der Waals surface area contributed by atoms with Gasteiger partial charge >= 0.3 is 0 Å². The highest BCUT2D eigenvalue weighted by Gasteiger charge is 2.49. The van der Waals surface area contributed by atoms with Crippen LogP contribution in [0.1, 0.15) is 30.4 Å². The minimum Gasteiger partial charge on any atom is -0.342 e. The predicted molar refractivity (Wildman–Crippen MR) is 82.0 cm³/mol. The van der Waals surface area contributed by atoms with Crippen LogP contribution in [0.15, 0.2) is 18.2 Å². The van der Waals surface area contributed by atoms with E-state index in [2.05, 4.69) is 5.32 Å². The van der Waals surface area contributed by atoms with E-state index in [0.29, 0.717) is 6.42 Å². The van der Waals surface area contributed by atoms with Crippen molar-refractivity contribution in [1.29, 1.82) is 0 Å². The second-order valence-electron chi connectivity index (χ2n) is 6.27. The summed E-state index contributed by atoms with van der Waals surface area (Å²) >= 11 is 0. The molecule has 0 aromatic heterocycles. The first-order valence-corrected chi connectivity index (χ1v) is 7.73. The average molecular weight is 286 g/mol. The first kappa shape index (κ1) is 14.1. The Bertz CT molecular complexity index is 576. The van der Waals surface area contributed by atoms with Crippen LogP contribution in [0.3, 0.4) is 0 Å². The van der Waals surface area contributed by atoms with Crippen LogP contribution in [0.2, 0.25) is 0 Å². The summed E-state index contributed by atoms with van der Waals surface area (Å²) in [7, 11) is 0. The van der Waals surface area contributed by atoms with Crippen LogP contribution >= 0.6 is 0 Å². The number of carbonyl (C=O) groups excluding carboxylic acids is 2. The molecule has 21 heavy (non-hydrogen) atoms. The molecule has 2 aliphatic rings. The molecule has 4 nitrogen and oxygen atoms in total. The first-order valence-electron chi connectivity index (χ1n) is 7.73. The van der Waals surface area contributed by atoms with Crippen molar-refractivity contribution in [2.45, 2.75) is 33.1 Å². The molecule has 0 bridgehead atoms. The molecule has 1 saturated heterocycles. The fourth-order valence-electron chi connectivity index (χ4n) is 2.98. The molecule has 1 aromatic rings. The van der Waals surface area contributed by atoms with Crippen molar-refractivity contribution < 1.29 is 9.59 Å². The maximum Gasteiger partial charge on any atom is 0.228 e. The van der Waals surface area contributed by atoms with Crippen LogP contribution in [0, 0.1) is 25.7 Å². The van der Waals surface area contributed by atoms with Crippen LogP contribution in [0.25, 0.3) is 0 Å². The predicted octanol–water partition coefficient (Wildman–Crippen LogP) is 2.50. The van der Waals surface area contributed by atoms with Gasteiger partial charge in [-0.1, -0.05) is 6.07 Å². The first-order chi connectivity index (χ1) is 10.1. The molecule has 0 radical (unpaired) electrons. The zero-order valence-electron chi connectivity index (χ0n) is 12.7. The quantitative estimate of drug-likeness (QED) is 0.928. The minimum absolute atomic E-state index is 0.0178. The highest BCUT2D eigenvalue weighted by Crippen LogP contribution is 2.41. The maximum atomic E-state index is 12.2. The van der Waals surface area contributed by atoms with E-state index >= 15 is 0 Å². The normalized spacial score (nSPS) is 24.0. The number of likely N-dealkylation sites (tertiary alicyclic amines) is 1. The molecule has 1 aromatic carbocycles. The molecule has 0 spiro atoms. The van der Waals surface area contributed by atoms with Crippen molar-refractivity contribution in [2.75, 3.05) is 18.4 Å². The van der Waals surface area contributed by atoms with Gasteiger partial charge in [0.05, 0.1) is 11.8 Å². The molecule has 2 amide bonds. The Morgan fingerprint density at radius 2 is 1.81 bits per heavy atom. The molecular formula is C17H22N2O2. The molecule has 2 fully saturated rings. The number of carbonyl (C=O) groups is 2. The number of hydrogen-bond acceptors (Lipinski definition) is 2. The number of nitrogens with one attached hydrogen (secondary N) is 1. The molecule has 2 unspecified atom stereocenters. The Morgan fingerprint density at radius 1 is 1.10 bits per heavy atom. The van der Waals surface area contributed by atoms with Crippen molar-refractivity contribution in [2.24, 2.45) is 11.8 Å². The van der Waals surface area contributed by atoms with E-state index < -0.39 is 0 Å². The van der Waals surface area contributed by atoms with E-state index in [1.807, 2.05) is 36.9 Å². The molecule has 1 aliphatic carbocycles. The number of hydrogen-bond donors (Lipinski definition) is 1. The minimum atomic E-state index is -0.139. The van der Waals surface area contributed by atoms with Crippen LogP contribution in [-0.2, 0) is 9.59 Å². The molecule has 112 valence electrons. The third kappa shape index (κ3) is 2.94. The third-order valence-corrected chi connectivity index (χ3v) is 4.64. The molecule has 4 heteroatoms. The number of amides is 2. The van der Waals surface area contributed by atoms with Crippen LogP contribution in [0.5, 0.6) is 0 Å². The molecule has 2 atom stereocenters. The second kappa shape index (κ2) is 5.51. The molecule has 3 rings (SSSR count). The van der Waals surface area contributed by atoms with Gasteiger partial charge in [-0.25, -0.2) is 0 Å². The average Bonchev–Trinajstić information content (AvgIpc) is 3.08. The SMILES string of the molecule is Cc1ccc(NC(=O)C2CC2C(=O)N2CCCC2)cc1C. The fourth-order valence-corrected chi connectivity index (χ4v) is 2.98. The number of nitrogens with zero attached hydrogens (tertiary/aromatic N) is 1. The van der Waals surface area contributed by atoms with E-state index in [9.17, 15) is 9.59 Å². The Kier molecular flexibility index (Phi) is 3.70. The van der Waals surface area contributed by atoms with Crippen molar-refractivity contribution in [3.63, 3.8) is 0 Å². The Hall–Kier alpha value is -1.84. The largest absolute Gasteiger partial charge is 0.342 e. The highest BCUT2D eigenvalue weighted by atomic mass is 16.2. The number of aryl methyl sites for hydroxylation is 2. The number of benzene rings is 1. The van der Waals surface area contributed by atoms with Gasteiger partial charge in [-0.3, -0.25) is 9.59 Å². The summed E-state index contributed by atoms with van der Waals surface area (Å²) in [6.07, 6.45) is 2.89. The third-order valence-electron chi connectivity index (χ3n) is 4.64. The summed E-state index contributed by atoms with van der Waals surface area (Å²) in [5.41, 5.74) is 3.19. The van der Waals surface area contributed by atoms with Gasteiger partial charge in [0.2, 0.25) is 11.8 Å². The summed E-state index contributed by atoms with van der Waals surface area (Å²) in [5, 5.41) is 2.94. The van der Waals surface area contributed by atoms with Gasteiger partial charge in [-0.15, -0.1) is 0 Å². The van der Waals surface area contributed by atoms with Crippen LogP contribution in [-0.4, -0.2) is 29.8 Å². The summed E-state index contributed by atoms with van der Waals surface area (Å²) in [6, 6.07) is 5.90. The van der Waals surface area contributed by atoms with Crippen LogP contribution in [0.4, 0.5) is 5.69 Å². The zero-order valence-corrected chi connectivity index (χ0v) is 12.7. The lowest BCUT2D eigenvalue weighted by molar-refractivity contribution is -0.133. The van der Waals surface area contributed by atoms with Crippen LogP contribution < -0.4 is 5.32 Å². The van der Waals surface area contributed by atoms with E-state index in [-0.39, 0.29) is 23.7 Å². The molecule has 1 heterocycles. The lowest BCUT2D eigenvalue weighted by atomic mass is 10.1. The fraction of sp³-hybridized carbons (Fsp3) is 0.529. The smallest absolute Gasteiger partial charge is 0.228 e. The molecule has 1 aliphatic heterocycles. The number of rotatable bonds is 3. The lowest BCUT2D eigenvalue weighted by Crippen LogP contribution is -2.30. The van der Waals surface area contributed by atoms with Gasteiger partial charge in [-0.05, 0) is 56.4 Å². The Morgan fingerprint density at radius 3 is 2.48 bits per heavy atom. The van der Waals surface area contributed by atoms with Crippen molar-refractivity contribution >= 4 is 17.5 Å². The topological polar surface area (TPSA) is 49.4 Å². The van der Waals surface area contributed by atoms with Crippen molar-refractivity contribution in [3.8, 4) is 0 Å². The van der Waals surface area contributed by atoms with Gasteiger partial charge in [-0.2, -0.15) is 0 Å². The summed E-state index contributed by atoms with van der Waals surface area (Å²) in [4.78, 5) is 26.3. The molecule has 1 N–H and O–H groups in total. The van der Waals surface area contributed by atoms with E-state index in [1.165, 1.54) is 5.56 Å². The van der Waals surface area contributed by atoms with Gasteiger partial charge in [0.15, 0.2) is 0 Å². The molecular weight excluding hydrogens is 264 g/mol. The van der Waals surface area contributed by atoms with Gasteiger partial charge in [0.25, 0.3) is 0 Å². The standard InChI is InChI=1S/C17H22N2O2/c1-11-5-6-13(9-12(11)2)18-16(20)14-10-15(14)17(21)19-7-3-4-8-19/h5-6,9,14-15H,3-4,7-8,10H2,1-2H3,(H,18,20). The monoisotopic (exact) mass is 286 g/mol. The summed E-state index contributed by atoms with van der Waals surface area (Å²) in [5.74, 6) is -0.0714. The molecule has 1 saturated carbocycles. The van der Waals surface area contributed by atoms with E-state index in [0.717, 1.165) is 37.2 Å². The Balaban J connectivity index is 1.57. The number of anilines is 1. The van der Waals surface area contributed by atoms with Gasteiger partial charge in [0, 0.05) is 18.8 Å². The summed E-state index contributed by atoms with van der Waals surface area (Å²) < 4.78 is 0. The maximum absolute atomic E-state index is 12.2. The summed E-state index contributed by atoms with van der Waals surface area (Å²) in [6.45, 7) is 5.80. The van der Waals surface area contributed by atoms with E-state index in [1.54, 1.807) is 0 Å². The Labute approximate surface area is 125 Å².